The van der Waals surface area contributed by atoms with Gasteiger partial charge in [-0.15, -0.1) is 0 Å². The second-order valence-electron chi connectivity index (χ2n) is 2.98. The Balaban J connectivity index is 2.38. The maximum atomic E-state index is 10.3. The number of carbonyl (C=O) groups is 1. The van der Waals surface area contributed by atoms with Gasteiger partial charge in [0.1, 0.15) is 0 Å². The Morgan fingerprint density at radius 3 is 2.75 bits per heavy atom. The quantitative estimate of drug-likeness (QED) is 0.651. The Labute approximate surface area is 72.0 Å². The van der Waals surface area contributed by atoms with Gasteiger partial charge in [0.05, 0.1) is 6.10 Å². The number of carboxylic acids is 1. The molecule has 0 aliphatic carbocycles. The van der Waals surface area contributed by atoms with Crippen molar-refractivity contribution < 1.29 is 14.6 Å². The van der Waals surface area contributed by atoms with E-state index in [0.29, 0.717) is 0 Å². The van der Waals surface area contributed by atoms with Crippen LogP contribution in [-0.4, -0.2) is 23.8 Å². The van der Waals surface area contributed by atoms with Crippen molar-refractivity contribution in [2.75, 3.05) is 6.61 Å². The van der Waals surface area contributed by atoms with Crippen LogP contribution in [-0.2, 0) is 9.53 Å². The molecule has 0 aromatic heterocycles. The zero-order valence-corrected chi connectivity index (χ0v) is 7.25. The van der Waals surface area contributed by atoms with Gasteiger partial charge in [-0.2, -0.15) is 0 Å². The first-order valence-electron chi connectivity index (χ1n) is 4.26. The van der Waals surface area contributed by atoms with Crippen LogP contribution in [0.25, 0.3) is 0 Å². The van der Waals surface area contributed by atoms with Crippen molar-refractivity contribution in [3.05, 3.63) is 11.6 Å². The molecule has 1 N–H and O–H groups in total. The number of rotatable bonds is 4. The fourth-order valence-electron chi connectivity index (χ4n) is 1.22. The van der Waals surface area contributed by atoms with Gasteiger partial charge in [0.2, 0.25) is 0 Å². The molecule has 3 heteroatoms. The van der Waals surface area contributed by atoms with E-state index in [2.05, 4.69) is 0 Å². The highest BCUT2D eigenvalue weighted by molar-refractivity contribution is 5.80. The highest BCUT2D eigenvalue weighted by atomic mass is 16.5. The van der Waals surface area contributed by atoms with E-state index < -0.39 is 5.97 Å². The molecule has 0 radical (unpaired) electrons. The summed E-state index contributed by atoms with van der Waals surface area (Å²) in [5.41, 5.74) is 0.965. The van der Waals surface area contributed by atoms with Crippen LogP contribution in [0.5, 0.6) is 0 Å². The first-order chi connectivity index (χ1) is 5.72. The molecule has 0 spiro atoms. The highest BCUT2D eigenvalue weighted by Crippen LogP contribution is 2.20. The SMILES string of the molecule is CCC(=CC(=O)O)CC1CCO1. The summed E-state index contributed by atoms with van der Waals surface area (Å²) in [6.45, 7) is 2.79. The van der Waals surface area contributed by atoms with Gasteiger partial charge in [0.15, 0.2) is 0 Å². The number of carboxylic acid groups (broad SMARTS) is 1. The first kappa shape index (κ1) is 9.26. The van der Waals surface area contributed by atoms with Crippen molar-refractivity contribution in [3.8, 4) is 0 Å². The number of hydrogen-bond acceptors (Lipinski definition) is 2. The molecule has 0 bridgehead atoms. The summed E-state index contributed by atoms with van der Waals surface area (Å²) >= 11 is 0. The van der Waals surface area contributed by atoms with Crippen LogP contribution < -0.4 is 0 Å². The molecule has 3 nitrogen and oxygen atoms in total. The molecule has 1 rings (SSSR count). The van der Waals surface area contributed by atoms with Gasteiger partial charge in [0, 0.05) is 12.7 Å². The molecule has 0 amide bonds. The summed E-state index contributed by atoms with van der Waals surface area (Å²) in [6.07, 6.45) is 4.21. The van der Waals surface area contributed by atoms with Crippen LogP contribution in [0.3, 0.4) is 0 Å². The second-order valence-corrected chi connectivity index (χ2v) is 2.98. The summed E-state index contributed by atoms with van der Waals surface area (Å²) < 4.78 is 5.21. The topological polar surface area (TPSA) is 46.5 Å². The van der Waals surface area contributed by atoms with E-state index in [0.717, 1.165) is 31.4 Å². The average molecular weight is 170 g/mol. The molecule has 0 aromatic carbocycles. The van der Waals surface area contributed by atoms with E-state index in [1.807, 2.05) is 6.92 Å². The smallest absolute Gasteiger partial charge is 0.328 e. The monoisotopic (exact) mass is 170 g/mol. The molecule has 0 aromatic rings. The fourth-order valence-corrected chi connectivity index (χ4v) is 1.22. The second kappa shape index (κ2) is 4.26. The van der Waals surface area contributed by atoms with Crippen molar-refractivity contribution in [1.82, 2.24) is 0 Å². The van der Waals surface area contributed by atoms with E-state index in [1.54, 1.807) is 0 Å². The number of aliphatic carboxylic acids is 1. The minimum atomic E-state index is -0.855. The summed E-state index contributed by atoms with van der Waals surface area (Å²) in [4.78, 5) is 10.3. The lowest BCUT2D eigenvalue weighted by molar-refractivity contribution is -0.131. The maximum Gasteiger partial charge on any atom is 0.328 e. The van der Waals surface area contributed by atoms with Crippen molar-refractivity contribution >= 4 is 5.97 Å². The van der Waals surface area contributed by atoms with Crippen LogP contribution in [0, 0.1) is 0 Å². The summed E-state index contributed by atoms with van der Waals surface area (Å²) in [6, 6.07) is 0. The number of ether oxygens (including phenoxy) is 1. The first-order valence-corrected chi connectivity index (χ1v) is 4.26. The lowest BCUT2D eigenvalue weighted by Gasteiger charge is -2.27. The van der Waals surface area contributed by atoms with Gasteiger partial charge in [0.25, 0.3) is 0 Å². The van der Waals surface area contributed by atoms with E-state index in [9.17, 15) is 4.79 Å². The molecule has 1 heterocycles. The highest BCUT2D eigenvalue weighted by Gasteiger charge is 2.18. The lowest BCUT2D eigenvalue weighted by Crippen LogP contribution is -2.27. The molecule has 1 aliphatic heterocycles. The van der Waals surface area contributed by atoms with Gasteiger partial charge in [-0.25, -0.2) is 4.79 Å². The molecule has 1 unspecified atom stereocenters. The predicted octanol–water partition coefficient (Wildman–Crippen LogP) is 1.59. The molecule has 12 heavy (non-hydrogen) atoms. The largest absolute Gasteiger partial charge is 0.478 e. The van der Waals surface area contributed by atoms with Gasteiger partial charge >= 0.3 is 5.97 Å². The Kier molecular flexibility index (Phi) is 3.29. The van der Waals surface area contributed by atoms with Crippen LogP contribution in [0.4, 0.5) is 0 Å². The Bertz CT molecular complexity index is 192. The van der Waals surface area contributed by atoms with Gasteiger partial charge in [-0.3, -0.25) is 0 Å². The van der Waals surface area contributed by atoms with Crippen LogP contribution >= 0.6 is 0 Å². The van der Waals surface area contributed by atoms with Crippen LogP contribution in [0.15, 0.2) is 11.6 Å². The molecule has 0 saturated carbocycles. The Morgan fingerprint density at radius 2 is 2.42 bits per heavy atom. The Morgan fingerprint density at radius 1 is 1.75 bits per heavy atom. The van der Waals surface area contributed by atoms with Crippen molar-refractivity contribution in [3.63, 3.8) is 0 Å². The fraction of sp³-hybridized carbons (Fsp3) is 0.667. The normalized spacial score (nSPS) is 23.4. The van der Waals surface area contributed by atoms with E-state index >= 15 is 0 Å². The third-order valence-electron chi connectivity index (χ3n) is 2.06. The summed E-state index contributed by atoms with van der Waals surface area (Å²) in [5, 5.41) is 8.50. The van der Waals surface area contributed by atoms with Gasteiger partial charge in [-0.1, -0.05) is 12.5 Å². The van der Waals surface area contributed by atoms with Crippen LogP contribution in [0.2, 0.25) is 0 Å². The summed E-state index contributed by atoms with van der Waals surface area (Å²) in [5.74, 6) is -0.855. The maximum absolute atomic E-state index is 10.3. The predicted molar refractivity (Wildman–Crippen MR) is 45.0 cm³/mol. The lowest BCUT2D eigenvalue weighted by atomic mass is 10.0. The zero-order valence-electron chi connectivity index (χ0n) is 7.25. The third-order valence-corrected chi connectivity index (χ3v) is 2.06. The van der Waals surface area contributed by atoms with Crippen LogP contribution in [0.1, 0.15) is 26.2 Å². The van der Waals surface area contributed by atoms with Crippen molar-refractivity contribution in [1.29, 1.82) is 0 Å². The minimum absolute atomic E-state index is 0.274. The molecular weight excluding hydrogens is 156 g/mol. The summed E-state index contributed by atoms with van der Waals surface area (Å²) in [7, 11) is 0. The third kappa shape index (κ3) is 2.66. The van der Waals surface area contributed by atoms with E-state index in [4.69, 9.17) is 9.84 Å². The van der Waals surface area contributed by atoms with E-state index in [1.165, 1.54) is 6.08 Å². The van der Waals surface area contributed by atoms with E-state index in [-0.39, 0.29) is 6.10 Å². The molecule has 1 aliphatic rings. The minimum Gasteiger partial charge on any atom is -0.478 e. The van der Waals surface area contributed by atoms with Crippen molar-refractivity contribution in [2.24, 2.45) is 0 Å². The molecule has 1 atom stereocenters. The van der Waals surface area contributed by atoms with Gasteiger partial charge in [-0.05, 0) is 19.3 Å². The van der Waals surface area contributed by atoms with Crippen molar-refractivity contribution in [2.45, 2.75) is 32.3 Å². The molecular formula is C9H14O3. The zero-order chi connectivity index (χ0) is 8.97. The molecule has 1 saturated heterocycles. The average Bonchev–Trinajstić information content (AvgIpc) is 1.93. The standard InChI is InChI=1S/C9H14O3/c1-2-7(6-9(10)11)5-8-3-4-12-8/h6,8H,2-5H2,1H3,(H,10,11). The molecule has 1 fully saturated rings. The number of hydrogen-bond donors (Lipinski definition) is 1. The Hall–Kier alpha value is -0.830. The molecule has 68 valence electrons. The van der Waals surface area contributed by atoms with Gasteiger partial charge < -0.3 is 9.84 Å².